The maximum absolute atomic E-state index is 13.7. The molecule has 0 amide bonds. The minimum Gasteiger partial charge on any atom is -0.397 e. The van der Waals surface area contributed by atoms with E-state index in [0.717, 1.165) is 5.56 Å². The largest absolute Gasteiger partial charge is 0.397 e. The first kappa shape index (κ1) is 13.1. The molecule has 0 saturated heterocycles. The highest BCUT2D eigenvalue weighted by Gasteiger charge is 2.11. The van der Waals surface area contributed by atoms with Gasteiger partial charge in [0.2, 0.25) is 0 Å². The van der Waals surface area contributed by atoms with Crippen molar-refractivity contribution in [1.29, 1.82) is 0 Å². The molecule has 0 fully saturated rings. The van der Waals surface area contributed by atoms with Crippen LogP contribution >= 0.6 is 27.5 Å². The molecule has 0 radical (unpaired) electrons. The molecule has 3 N–H and O–H groups in total. The third-order valence-corrected chi connectivity index (χ3v) is 3.77. The van der Waals surface area contributed by atoms with Crippen molar-refractivity contribution >= 4 is 44.7 Å². The molecule has 0 saturated carbocycles. The van der Waals surface area contributed by atoms with E-state index in [1.165, 1.54) is 12.3 Å². The number of nitrogens with two attached hydrogens (primary N) is 1. The van der Waals surface area contributed by atoms with Gasteiger partial charge < -0.3 is 11.1 Å². The Morgan fingerprint density at radius 1 is 1.44 bits per heavy atom. The summed E-state index contributed by atoms with van der Waals surface area (Å²) in [6, 6.07) is 4.73. The van der Waals surface area contributed by atoms with Crippen LogP contribution in [-0.4, -0.2) is 4.98 Å². The molecule has 0 aliphatic heterocycles. The molecule has 1 aromatic carbocycles. The summed E-state index contributed by atoms with van der Waals surface area (Å²) in [5.74, 6) is -0.0230. The summed E-state index contributed by atoms with van der Waals surface area (Å²) in [6.45, 7) is 1.85. The quantitative estimate of drug-likeness (QED) is 0.864. The maximum atomic E-state index is 13.7. The van der Waals surface area contributed by atoms with Gasteiger partial charge in [0.05, 0.1) is 27.1 Å². The minimum absolute atomic E-state index is 0.0586. The first-order valence-corrected chi connectivity index (χ1v) is 6.29. The van der Waals surface area contributed by atoms with Crippen LogP contribution in [0.2, 0.25) is 5.02 Å². The first-order valence-electron chi connectivity index (χ1n) is 5.12. The molecule has 1 heterocycles. The maximum Gasteiger partial charge on any atom is 0.165 e. The van der Waals surface area contributed by atoms with Gasteiger partial charge in [-0.3, -0.25) is 0 Å². The van der Waals surface area contributed by atoms with E-state index in [2.05, 4.69) is 26.2 Å². The van der Waals surface area contributed by atoms with E-state index in [1.54, 1.807) is 12.1 Å². The van der Waals surface area contributed by atoms with E-state index in [1.807, 2.05) is 6.92 Å². The van der Waals surface area contributed by atoms with E-state index in [9.17, 15) is 4.39 Å². The summed E-state index contributed by atoms with van der Waals surface area (Å²) in [5.41, 5.74) is 7.40. The average molecular weight is 331 g/mol. The van der Waals surface area contributed by atoms with Crippen LogP contribution in [0.5, 0.6) is 0 Å². The van der Waals surface area contributed by atoms with E-state index in [4.69, 9.17) is 17.3 Å². The highest BCUT2D eigenvalue weighted by Crippen LogP contribution is 2.31. The van der Waals surface area contributed by atoms with Crippen LogP contribution in [0.4, 0.5) is 21.6 Å². The summed E-state index contributed by atoms with van der Waals surface area (Å²) in [6.07, 6.45) is 1.52. The van der Waals surface area contributed by atoms with Crippen LogP contribution in [0, 0.1) is 12.7 Å². The monoisotopic (exact) mass is 329 g/mol. The normalized spacial score (nSPS) is 10.4. The summed E-state index contributed by atoms with van der Waals surface area (Å²) in [7, 11) is 0. The van der Waals surface area contributed by atoms with Crippen molar-refractivity contribution in [3.8, 4) is 0 Å². The van der Waals surface area contributed by atoms with E-state index in [-0.39, 0.29) is 10.7 Å². The van der Waals surface area contributed by atoms with Gasteiger partial charge in [0.15, 0.2) is 5.82 Å². The van der Waals surface area contributed by atoms with Crippen LogP contribution in [0.1, 0.15) is 5.56 Å². The van der Waals surface area contributed by atoms with Crippen LogP contribution in [-0.2, 0) is 0 Å². The zero-order valence-corrected chi connectivity index (χ0v) is 11.8. The Hall–Kier alpha value is -1.33. The fourth-order valence-corrected chi connectivity index (χ4v) is 2.01. The number of benzene rings is 1. The summed E-state index contributed by atoms with van der Waals surface area (Å²) < 4.78 is 14.4. The first-order chi connectivity index (χ1) is 8.50. The summed E-state index contributed by atoms with van der Waals surface area (Å²) >= 11 is 9.08. The summed E-state index contributed by atoms with van der Waals surface area (Å²) in [4.78, 5) is 4.11. The highest BCUT2D eigenvalue weighted by atomic mass is 79.9. The van der Waals surface area contributed by atoms with Gasteiger partial charge in [-0.05, 0) is 40.5 Å². The number of aromatic nitrogens is 1. The Labute approximate surface area is 117 Å². The fraction of sp³-hybridized carbons (Fsp3) is 0.0833. The molecule has 0 bridgehead atoms. The third kappa shape index (κ3) is 2.42. The van der Waals surface area contributed by atoms with Crippen LogP contribution in [0.3, 0.4) is 0 Å². The molecular formula is C12H10BrClFN3. The van der Waals surface area contributed by atoms with Gasteiger partial charge in [0.25, 0.3) is 0 Å². The van der Waals surface area contributed by atoms with Crippen molar-refractivity contribution in [2.75, 3.05) is 11.1 Å². The second-order valence-corrected chi connectivity index (χ2v) is 4.93. The SMILES string of the molecule is Cc1c(N)cnc(Nc2cccc(Cl)c2F)c1Br. The standard InChI is InChI=1S/C12H10BrClFN3/c1-6-8(16)5-17-12(10(6)13)18-9-4-2-3-7(14)11(9)15/h2-5H,16H2,1H3,(H,17,18). The lowest BCUT2D eigenvalue weighted by Gasteiger charge is -2.11. The Morgan fingerprint density at radius 3 is 2.89 bits per heavy atom. The third-order valence-electron chi connectivity index (χ3n) is 2.51. The van der Waals surface area contributed by atoms with Crippen LogP contribution < -0.4 is 11.1 Å². The molecule has 6 heteroatoms. The molecule has 0 atom stereocenters. The van der Waals surface area contributed by atoms with Crippen molar-refractivity contribution in [3.05, 3.63) is 45.3 Å². The molecule has 0 unspecified atom stereocenters. The lowest BCUT2D eigenvalue weighted by Crippen LogP contribution is -2.01. The number of hydrogen-bond donors (Lipinski definition) is 2. The van der Waals surface area contributed by atoms with Gasteiger partial charge in [-0.25, -0.2) is 9.37 Å². The van der Waals surface area contributed by atoms with Crippen LogP contribution in [0.25, 0.3) is 0 Å². The highest BCUT2D eigenvalue weighted by molar-refractivity contribution is 9.10. The van der Waals surface area contributed by atoms with E-state index >= 15 is 0 Å². The van der Waals surface area contributed by atoms with Gasteiger partial charge in [-0.15, -0.1) is 0 Å². The number of nitrogens with zero attached hydrogens (tertiary/aromatic N) is 1. The molecule has 94 valence electrons. The predicted molar refractivity (Wildman–Crippen MR) is 75.8 cm³/mol. The zero-order chi connectivity index (χ0) is 13.3. The Balaban J connectivity index is 2.41. The van der Waals surface area contributed by atoms with Crippen molar-refractivity contribution in [3.63, 3.8) is 0 Å². The smallest absolute Gasteiger partial charge is 0.165 e. The molecule has 2 aromatic rings. The van der Waals surface area contributed by atoms with Gasteiger partial charge >= 0.3 is 0 Å². The molecule has 0 aliphatic rings. The van der Waals surface area contributed by atoms with Crippen molar-refractivity contribution in [2.45, 2.75) is 6.92 Å². The molecular weight excluding hydrogens is 321 g/mol. The van der Waals surface area contributed by atoms with Gasteiger partial charge in [0.1, 0.15) is 5.82 Å². The van der Waals surface area contributed by atoms with Gasteiger partial charge in [-0.1, -0.05) is 17.7 Å². The molecule has 18 heavy (non-hydrogen) atoms. The second kappa shape index (κ2) is 5.12. The molecule has 3 nitrogen and oxygen atoms in total. The fourth-order valence-electron chi connectivity index (χ4n) is 1.41. The van der Waals surface area contributed by atoms with Crippen molar-refractivity contribution < 1.29 is 4.39 Å². The number of halogens is 3. The van der Waals surface area contributed by atoms with E-state index in [0.29, 0.717) is 16.0 Å². The second-order valence-electron chi connectivity index (χ2n) is 3.73. The van der Waals surface area contributed by atoms with Crippen LogP contribution in [0.15, 0.2) is 28.9 Å². The molecule has 0 spiro atoms. The molecule has 2 rings (SSSR count). The predicted octanol–water partition coefficient (Wildman–Crippen LogP) is 4.27. The Morgan fingerprint density at radius 2 is 2.17 bits per heavy atom. The number of hydrogen-bond acceptors (Lipinski definition) is 3. The number of rotatable bonds is 2. The van der Waals surface area contributed by atoms with Crippen molar-refractivity contribution in [1.82, 2.24) is 4.98 Å². The zero-order valence-electron chi connectivity index (χ0n) is 9.47. The topological polar surface area (TPSA) is 50.9 Å². The Bertz CT molecular complexity index is 604. The number of pyridine rings is 1. The molecule has 1 aromatic heterocycles. The molecule has 0 aliphatic carbocycles. The number of nitrogens with one attached hydrogen (secondary N) is 1. The van der Waals surface area contributed by atoms with Gasteiger partial charge in [-0.2, -0.15) is 0 Å². The minimum atomic E-state index is -0.512. The average Bonchev–Trinajstić information content (AvgIpc) is 2.35. The van der Waals surface area contributed by atoms with Crippen molar-refractivity contribution in [2.24, 2.45) is 0 Å². The van der Waals surface area contributed by atoms with Gasteiger partial charge in [0, 0.05) is 0 Å². The van der Waals surface area contributed by atoms with E-state index < -0.39 is 5.82 Å². The summed E-state index contributed by atoms with van der Waals surface area (Å²) in [5, 5.41) is 2.93. The lowest BCUT2D eigenvalue weighted by molar-refractivity contribution is 0.632. The number of nitrogen functional groups attached to an aromatic ring is 1. The lowest BCUT2D eigenvalue weighted by atomic mass is 10.2. The Kier molecular flexibility index (Phi) is 3.73. The number of anilines is 3.